The number of carbonyl (C=O) groups excluding carboxylic acids is 1. The van der Waals surface area contributed by atoms with Gasteiger partial charge in [0.1, 0.15) is 5.75 Å². The molecule has 0 N–H and O–H groups in total. The summed E-state index contributed by atoms with van der Waals surface area (Å²) in [5, 5.41) is 0. The number of rotatable bonds is 5. The zero-order valence-electron chi connectivity index (χ0n) is 15.6. The van der Waals surface area contributed by atoms with Crippen molar-refractivity contribution in [3.63, 3.8) is 0 Å². The number of anilines is 1. The SMILES string of the molecule is O=C(COc1ccc(-c2ccccc2)cc1)N1CCN(c2ncccn2)CC1. The summed E-state index contributed by atoms with van der Waals surface area (Å²) in [6.45, 7) is 2.79. The number of ether oxygens (including phenoxy) is 1. The predicted octanol–water partition coefficient (Wildman–Crippen LogP) is 2.87. The second kappa shape index (κ2) is 8.52. The third kappa shape index (κ3) is 4.28. The summed E-state index contributed by atoms with van der Waals surface area (Å²) >= 11 is 0. The van der Waals surface area contributed by atoms with E-state index in [1.165, 1.54) is 0 Å². The molecule has 142 valence electrons. The van der Waals surface area contributed by atoms with Crippen molar-refractivity contribution in [1.82, 2.24) is 14.9 Å². The molecule has 1 saturated heterocycles. The molecule has 0 radical (unpaired) electrons. The van der Waals surface area contributed by atoms with Crippen LogP contribution in [0.2, 0.25) is 0 Å². The second-order valence-electron chi connectivity index (χ2n) is 6.60. The second-order valence-corrected chi connectivity index (χ2v) is 6.60. The van der Waals surface area contributed by atoms with Crippen molar-refractivity contribution in [2.24, 2.45) is 0 Å². The third-order valence-corrected chi connectivity index (χ3v) is 4.79. The van der Waals surface area contributed by atoms with Crippen molar-refractivity contribution < 1.29 is 9.53 Å². The van der Waals surface area contributed by atoms with Gasteiger partial charge in [0, 0.05) is 38.6 Å². The smallest absolute Gasteiger partial charge is 0.260 e. The van der Waals surface area contributed by atoms with Crippen LogP contribution in [0, 0.1) is 0 Å². The van der Waals surface area contributed by atoms with E-state index in [9.17, 15) is 4.79 Å². The number of hydrogen-bond donors (Lipinski definition) is 0. The first kappa shape index (κ1) is 18.0. The summed E-state index contributed by atoms with van der Waals surface area (Å²) in [6, 6.07) is 19.8. The van der Waals surface area contributed by atoms with Crippen LogP contribution >= 0.6 is 0 Å². The Labute approximate surface area is 164 Å². The van der Waals surface area contributed by atoms with Gasteiger partial charge in [-0.05, 0) is 29.3 Å². The Kier molecular flexibility index (Phi) is 5.47. The molecule has 4 rings (SSSR count). The molecule has 0 aliphatic carbocycles. The molecule has 0 unspecified atom stereocenters. The number of piperazine rings is 1. The third-order valence-electron chi connectivity index (χ3n) is 4.79. The molecule has 0 bridgehead atoms. The Balaban J connectivity index is 1.27. The van der Waals surface area contributed by atoms with E-state index in [4.69, 9.17) is 4.74 Å². The number of nitrogens with zero attached hydrogens (tertiary/aromatic N) is 4. The number of hydrogen-bond acceptors (Lipinski definition) is 5. The van der Waals surface area contributed by atoms with Crippen LogP contribution in [0.5, 0.6) is 5.75 Å². The van der Waals surface area contributed by atoms with E-state index < -0.39 is 0 Å². The Hall–Kier alpha value is -3.41. The lowest BCUT2D eigenvalue weighted by Crippen LogP contribution is -2.50. The maximum absolute atomic E-state index is 12.5. The Morgan fingerprint density at radius 1 is 0.821 bits per heavy atom. The van der Waals surface area contributed by atoms with Crippen molar-refractivity contribution in [3.05, 3.63) is 73.1 Å². The van der Waals surface area contributed by atoms with Crippen LogP contribution < -0.4 is 9.64 Å². The van der Waals surface area contributed by atoms with Crippen molar-refractivity contribution in [2.75, 3.05) is 37.7 Å². The molecular weight excluding hydrogens is 352 g/mol. The van der Waals surface area contributed by atoms with Crippen LogP contribution in [0.15, 0.2) is 73.1 Å². The Morgan fingerprint density at radius 2 is 1.46 bits per heavy atom. The maximum atomic E-state index is 12.5. The summed E-state index contributed by atoms with van der Waals surface area (Å²) in [5.74, 6) is 1.41. The monoisotopic (exact) mass is 374 g/mol. The zero-order chi connectivity index (χ0) is 19.2. The fourth-order valence-electron chi connectivity index (χ4n) is 3.22. The van der Waals surface area contributed by atoms with E-state index >= 15 is 0 Å². The molecule has 1 aliphatic rings. The molecule has 1 aromatic heterocycles. The summed E-state index contributed by atoms with van der Waals surface area (Å²) in [7, 11) is 0. The number of carbonyl (C=O) groups is 1. The topological polar surface area (TPSA) is 58.6 Å². The first-order valence-electron chi connectivity index (χ1n) is 9.37. The number of aromatic nitrogens is 2. The first-order chi connectivity index (χ1) is 13.8. The van der Waals surface area contributed by atoms with Gasteiger partial charge in [-0.15, -0.1) is 0 Å². The Bertz CT molecular complexity index is 893. The van der Waals surface area contributed by atoms with Gasteiger partial charge in [0.05, 0.1) is 0 Å². The molecule has 3 aromatic rings. The quantitative estimate of drug-likeness (QED) is 0.687. The van der Waals surface area contributed by atoms with Crippen LogP contribution in [-0.2, 0) is 4.79 Å². The van der Waals surface area contributed by atoms with Crippen molar-refractivity contribution >= 4 is 11.9 Å². The van der Waals surface area contributed by atoms with Gasteiger partial charge in [0.25, 0.3) is 5.91 Å². The van der Waals surface area contributed by atoms with Gasteiger partial charge in [-0.1, -0.05) is 42.5 Å². The average Bonchev–Trinajstić information content (AvgIpc) is 2.79. The summed E-state index contributed by atoms with van der Waals surface area (Å²) < 4.78 is 5.69. The Morgan fingerprint density at radius 3 is 2.14 bits per heavy atom. The average molecular weight is 374 g/mol. The minimum Gasteiger partial charge on any atom is -0.484 e. The summed E-state index contributed by atoms with van der Waals surface area (Å²) in [6.07, 6.45) is 3.47. The van der Waals surface area contributed by atoms with Crippen molar-refractivity contribution in [1.29, 1.82) is 0 Å². The van der Waals surface area contributed by atoms with Crippen LogP contribution in [0.3, 0.4) is 0 Å². The number of amides is 1. The minimum atomic E-state index is 0.000709. The molecule has 1 amide bonds. The van der Waals surface area contributed by atoms with Gasteiger partial charge in [0.2, 0.25) is 5.95 Å². The molecule has 2 heterocycles. The van der Waals surface area contributed by atoms with E-state index in [2.05, 4.69) is 27.0 Å². The van der Waals surface area contributed by atoms with Crippen LogP contribution in [-0.4, -0.2) is 53.6 Å². The van der Waals surface area contributed by atoms with E-state index in [-0.39, 0.29) is 12.5 Å². The molecular formula is C22H22N4O2. The van der Waals surface area contributed by atoms with Crippen LogP contribution in [0.4, 0.5) is 5.95 Å². The van der Waals surface area contributed by atoms with Gasteiger partial charge in [-0.3, -0.25) is 4.79 Å². The summed E-state index contributed by atoms with van der Waals surface area (Å²) in [5.41, 5.74) is 2.28. The lowest BCUT2D eigenvalue weighted by atomic mass is 10.1. The molecule has 1 aliphatic heterocycles. The van der Waals surface area contributed by atoms with E-state index in [0.29, 0.717) is 24.8 Å². The first-order valence-corrected chi connectivity index (χ1v) is 9.37. The van der Waals surface area contributed by atoms with E-state index in [0.717, 1.165) is 24.2 Å². The minimum absolute atomic E-state index is 0.000709. The zero-order valence-corrected chi connectivity index (χ0v) is 15.6. The fourth-order valence-corrected chi connectivity index (χ4v) is 3.22. The predicted molar refractivity (Wildman–Crippen MR) is 108 cm³/mol. The van der Waals surface area contributed by atoms with Crippen LogP contribution in [0.1, 0.15) is 0 Å². The standard InChI is InChI=1S/C22H22N4O2/c27-21(25-13-15-26(16-14-25)22-23-11-4-12-24-22)17-28-20-9-7-19(8-10-20)18-5-2-1-3-6-18/h1-12H,13-17H2. The molecule has 2 aromatic carbocycles. The highest BCUT2D eigenvalue weighted by atomic mass is 16.5. The summed E-state index contributed by atoms with van der Waals surface area (Å²) in [4.78, 5) is 24.9. The van der Waals surface area contributed by atoms with Gasteiger partial charge in [0.15, 0.2) is 6.61 Å². The van der Waals surface area contributed by atoms with Crippen molar-refractivity contribution in [3.8, 4) is 16.9 Å². The molecule has 0 atom stereocenters. The van der Waals surface area contributed by atoms with Gasteiger partial charge in [-0.25, -0.2) is 9.97 Å². The highest BCUT2D eigenvalue weighted by Gasteiger charge is 2.22. The lowest BCUT2D eigenvalue weighted by Gasteiger charge is -2.34. The molecule has 28 heavy (non-hydrogen) atoms. The molecule has 0 spiro atoms. The van der Waals surface area contributed by atoms with E-state index in [1.807, 2.05) is 47.4 Å². The van der Waals surface area contributed by atoms with Crippen molar-refractivity contribution in [2.45, 2.75) is 0 Å². The highest BCUT2D eigenvalue weighted by molar-refractivity contribution is 5.78. The lowest BCUT2D eigenvalue weighted by molar-refractivity contribution is -0.133. The normalized spacial score (nSPS) is 14.0. The molecule has 6 heteroatoms. The highest BCUT2D eigenvalue weighted by Crippen LogP contribution is 2.22. The maximum Gasteiger partial charge on any atom is 0.260 e. The fraction of sp³-hybridized carbons (Fsp3) is 0.227. The van der Waals surface area contributed by atoms with Gasteiger partial charge < -0.3 is 14.5 Å². The molecule has 0 saturated carbocycles. The largest absolute Gasteiger partial charge is 0.484 e. The van der Waals surface area contributed by atoms with Gasteiger partial charge >= 0.3 is 0 Å². The number of benzene rings is 2. The van der Waals surface area contributed by atoms with Crippen LogP contribution in [0.25, 0.3) is 11.1 Å². The van der Waals surface area contributed by atoms with Gasteiger partial charge in [-0.2, -0.15) is 0 Å². The molecule has 6 nitrogen and oxygen atoms in total. The van der Waals surface area contributed by atoms with E-state index in [1.54, 1.807) is 18.5 Å². The molecule has 1 fully saturated rings.